The van der Waals surface area contributed by atoms with Crippen molar-refractivity contribution in [3.05, 3.63) is 88.7 Å². The Morgan fingerprint density at radius 3 is 2.45 bits per heavy atom. The summed E-state index contributed by atoms with van der Waals surface area (Å²) >= 11 is 0. The fourth-order valence-electron chi connectivity index (χ4n) is 3.86. The zero-order valence-electron chi connectivity index (χ0n) is 18.5. The van der Waals surface area contributed by atoms with Crippen LogP contribution in [0.5, 0.6) is 0 Å². The molecule has 0 unspecified atom stereocenters. The third-order valence-corrected chi connectivity index (χ3v) is 5.55. The van der Waals surface area contributed by atoms with Gasteiger partial charge in [-0.05, 0) is 64.3 Å². The molecular weight excluding hydrogens is 384 g/mol. The fraction of sp³-hybridized carbons (Fsp3) is 0.269. The predicted octanol–water partition coefficient (Wildman–Crippen LogP) is 5.10. The van der Waals surface area contributed by atoms with E-state index in [0.717, 1.165) is 35.3 Å². The van der Waals surface area contributed by atoms with Crippen LogP contribution in [0.25, 0.3) is 16.7 Å². The molecule has 1 atom stereocenters. The van der Waals surface area contributed by atoms with Gasteiger partial charge in [-0.25, -0.2) is 9.67 Å². The second-order valence-corrected chi connectivity index (χ2v) is 8.24. The number of aromatic nitrogens is 3. The van der Waals surface area contributed by atoms with Gasteiger partial charge in [0.1, 0.15) is 0 Å². The van der Waals surface area contributed by atoms with Crippen molar-refractivity contribution in [1.29, 1.82) is 0 Å². The minimum Gasteiger partial charge on any atom is -0.350 e. The number of aryl methyl sites for hydroxylation is 4. The summed E-state index contributed by atoms with van der Waals surface area (Å²) in [6, 6.07) is 20.4. The molecule has 31 heavy (non-hydrogen) atoms. The van der Waals surface area contributed by atoms with Gasteiger partial charge in [-0.15, -0.1) is 0 Å². The molecule has 2 aromatic carbocycles. The molecule has 1 N–H and O–H groups in total. The Morgan fingerprint density at radius 2 is 1.74 bits per heavy atom. The first-order chi connectivity index (χ1) is 14.9. The molecule has 0 spiro atoms. The topological polar surface area (TPSA) is 59.8 Å². The van der Waals surface area contributed by atoms with Crippen molar-refractivity contribution < 1.29 is 4.79 Å². The molecule has 4 rings (SSSR count). The summed E-state index contributed by atoms with van der Waals surface area (Å²) in [5.41, 5.74) is 6.33. The summed E-state index contributed by atoms with van der Waals surface area (Å²) in [5, 5.41) is 8.67. The number of nitrogens with zero attached hydrogens (tertiary/aromatic N) is 3. The van der Waals surface area contributed by atoms with Crippen LogP contribution in [0.2, 0.25) is 0 Å². The maximum Gasteiger partial charge on any atom is 0.252 e. The smallest absolute Gasteiger partial charge is 0.252 e. The summed E-state index contributed by atoms with van der Waals surface area (Å²) in [4.78, 5) is 17.9. The molecule has 5 nitrogen and oxygen atoms in total. The van der Waals surface area contributed by atoms with Crippen LogP contribution in [0.15, 0.2) is 60.7 Å². The van der Waals surface area contributed by atoms with Crippen LogP contribution in [0.4, 0.5) is 0 Å². The molecular formula is C26H28N4O. The van der Waals surface area contributed by atoms with Crippen LogP contribution < -0.4 is 5.32 Å². The molecule has 2 aromatic heterocycles. The van der Waals surface area contributed by atoms with Crippen LogP contribution >= 0.6 is 0 Å². The van der Waals surface area contributed by atoms with Gasteiger partial charge in [-0.2, -0.15) is 5.10 Å². The summed E-state index contributed by atoms with van der Waals surface area (Å²) in [6.07, 6.45) is 1.81. The van der Waals surface area contributed by atoms with Gasteiger partial charge in [0.25, 0.3) is 5.91 Å². The molecule has 5 heteroatoms. The molecule has 0 bridgehead atoms. The number of carbonyl (C=O) groups excluding carboxylic acids is 1. The molecule has 0 aliphatic carbocycles. The number of benzene rings is 2. The van der Waals surface area contributed by atoms with Crippen molar-refractivity contribution >= 4 is 16.9 Å². The third kappa shape index (κ3) is 4.50. The standard InChI is InChI=1S/C26H28N4O/c1-17-10-14-22(15-11-17)30-25-24(20(4)29-30)23(16-19(3)27-25)26(31)28-18(2)12-13-21-8-6-5-7-9-21/h5-11,14-16,18H,12-13H2,1-4H3,(H,28,31)/t18-/m1/s1. The van der Waals surface area contributed by atoms with E-state index in [1.165, 1.54) is 11.1 Å². The minimum absolute atomic E-state index is 0.0590. The summed E-state index contributed by atoms with van der Waals surface area (Å²) in [6.45, 7) is 7.95. The molecule has 0 aliphatic rings. The van der Waals surface area contributed by atoms with E-state index in [0.29, 0.717) is 11.2 Å². The van der Waals surface area contributed by atoms with Crippen LogP contribution in [-0.2, 0) is 6.42 Å². The summed E-state index contributed by atoms with van der Waals surface area (Å²) < 4.78 is 1.83. The van der Waals surface area contributed by atoms with E-state index in [-0.39, 0.29) is 11.9 Å². The Balaban J connectivity index is 1.61. The van der Waals surface area contributed by atoms with Crippen LogP contribution in [0.1, 0.15) is 46.2 Å². The van der Waals surface area contributed by atoms with Crippen molar-refractivity contribution in [2.45, 2.75) is 46.6 Å². The average Bonchev–Trinajstić information content (AvgIpc) is 3.09. The number of pyridine rings is 1. The van der Waals surface area contributed by atoms with Crippen molar-refractivity contribution in [2.75, 3.05) is 0 Å². The normalized spacial score (nSPS) is 12.1. The lowest BCUT2D eigenvalue weighted by Gasteiger charge is -2.15. The van der Waals surface area contributed by atoms with Crippen molar-refractivity contribution in [3.63, 3.8) is 0 Å². The van der Waals surface area contributed by atoms with E-state index < -0.39 is 0 Å². The molecule has 0 aliphatic heterocycles. The van der Waals surface area contributed by atoms with Gasteiger partial charge in [0.05, 0.1) is 22.3 Å². The first kappa shape index (κ1) is 20.8. The van der Waals surface area contributed by atoms with E-state index in [2.05, 4.69) is 43.4 Å². The predicted molar refractivity (Wildman–Crippen MR) is 125 cm³/mol. The molecule has 0 fully saturated rings. The van der Waals surface area contributed by atoms with Gasteiger partial charge in [-0.1, -0.05) is 48.0 Å². The molecule has 0 saturated carbocycles. The Kier molecular flexibility index (Phi) is 5.85. The highest BCUT2D eigenvalue weighted by molar-refractivity contribution is 6.06. The Morgan fingerprint density at radius 1 is 1.03 bits per heavy atom. The summed E-state index contributed by atoms with van der Waals surface area (Å²) in [7, 11) is 0. The lowest BCUT2D eigenvalue weighted by molar-refractivity contribution is 0.0940. The minimum atomic E-state index is -0.0809. The third-order valence-electron chi connectivity index (χ3n) is 5.55. The highest BCUT2D eigenvalue weighted by Crippen LogP contribution is 2.25. The maximum atomic E-state index is 13.2. The monoisotopic (exact) mass is 412 g/mol. The van der Waals surface area contributed by atoms with E-state index in [4.69, 9.17) is 10.1 Å². The summed E-state index contributed by atoms with van der Waals surface area (Å²) in [5.74, 6) is -0.0809. The Hall–Kier alpha value is -3.47. The highest BCUT2D eigenvalue weighted by atomic mass is 16.1. The van der Waals surface area contributed by atoms with Gasteiger partial charge in [0.15, 0.2) is 5.65 Å². The largest absolute Gasteiger partial charge is 0.350 e. The number of hydrogen-bond acceptors (Lipinski definition) is 3. The quantitative estimate of drug-likeness (QED) is 0.479. The zero-order chi connectivity index (χ0) is 22.0. The van der Waals surface area contributed by atoms with Crippen LogP contribution in [0.3, 0.4) is 0 Å². The van der Waals surface area contributed by atoms with Gasteiger partial charge >= 0.3 is 0 Å². The number of nitrogens with one attached hydrogen (secondary N) is 1. The number of carbonyl (C=O) groups is 1. The average molecular weight is 413 g/mol. The number of amides is 1. The molecule has 2 heterocycles. The second-order valence-electron chi connectivity index (χ2n) is 8.24. The molecule has 158 valence electrons. The zero-order valence-corrected chi connectivity index (χ0v) is 18.5. The molecule has 0 radical (unpaired) electrons. The van der Waals surface area contributed by atoms with Crippen LogP contribution in [-0.4, -0.2) is 26.7 Å². The van der Waals surface area contributed by atoms with Crippen molar-refractivity contribution in [2.24, 2.45) is 0 Å². The first-order valence-corrected chi connectivity index (χ1v) is 10.7. The molecule has 1 amide bonds. The van der Waals surface area contributed by atoms with E-state index in [1.54, 1.807) is 0 Å². The number of fused-ring (bicyclic) bond motifs is 1. The lowest BCUT2D eigenvalue weighted by Crippen LogP contribution is -2.33. The van der Waals surface area contributed by atoms with Gasteiger partial charge in [0.2, 0.25) is 0 Å². The highest BCUT2D eigenvalue weighted by Gasteiger charge is 2.20. The molecule has 0 saturated heterocycles. The molecule has 4 aromatic rings. The lowest BCUT2D eigenvalue weighted by atomic mass is 10.0. The Labute approximate surface area is 183 Å². The van der Waals surface area contributed by atoms with Crippen molar-refractivity contribution in [3.8, 4) is 5.69 Å². The Bertz CT molecular complexity index is 1210. The van der Waals surface area contributed by atoms with Gasteiger partial charge in [-0.3, -0.25) is 4.79 Å². The van der Waals surface area contributed by atoms with Crippen LogP contribution in [0, 0.1) is 20.8 Å². The number of hydrogen-bond donors (Lipinski definition) is 1. The van der Waals surface area contributed by atoms with E-state index >= 15 is 0 Å². The van der Waals surface area contributed by atoms with Gasteiger partial charge in [0, 0.05) is 11.7 Å². The maximum absolute atomic E-state index is 13.2. The number of rotatable bonds is 6. The SMILES string of the molecule is Cc1ccc(-n2nc(C)c3c(C(=O)N[C@H](C)CCc4ccccc4)cc(C)nc32)cc1. The first-order valence-electron chi connectivity index (χ1n) is 10.7. The second kappa shape index (κ2) is 8.72. The van der Waals surface area contributed by atoms with Gasteiger partial charge < -0.3 is 5.32 Å². The van der Waals surface area contributed by atoms with E-state index in [9.17, 15) is 4.79 Å². The van der Waals surface area contributed by atoms with E-state index in [1.807, 2.05) is 54.9 Å². The fourth-order valence-corrected chi connectivity index (χ4v) is 3.86. The van der Waals surface area contributed by atoms with Crippen molar-refractivity contribution in [1.82, 2.24) is 20.1 Å².